The highest BCUT2D eigenvalue weighted by atomic mass is 35.5. The number of carbonyl (C=O) groups excluding carboxylic acids is 1. The van der Waals surface area contributed by atoms with Crippen LogP contribution in [0.1, 0.15) is 68.3 Å². The van der Waals surface area contributed by atoms with Crippen LogP contribution in [0.15, 0.2) is 30.5 Å². The van der Waals surface area contributed by atoms with Gasteiger partial charge in [-0.2, -0.15) is 0 Å². The van der Waals surface area contributed by atoms with Crippen molar-refractivity contribution in [3.63, 3.8) is 0 Å². The zero-order valence-corrected chi connectivity index (χ0v) is 19.7. The van der Waals surface area contributed by atoms with Crippen molar-refractivity contribution in [3.8, 4) is 11.1 Å². The minimum atomic E-state index is -0.639. The number of aromatic nitrogens is 1. The molecule has 172 valence electrons. The first kappa shape index (κ1) is 23.0. The fourth-order valence-electron chi connectivity index (χ4n) is 4.76. The van der Waals surface area contributed by atoms with Crippen LogP contribution in [0.5, 0.6) is 0 Å². The highest BCUT2D eigenvalue weighted by Gasteiger charge is 2.30. The van der Waals surface area contributed by atoms with E-state index in [9.17, 15) is 9.90 Å². The van der Waals surface area contributed by atoms with E-state index in [0.717, 1.165) is 47.6 Å². The summed E-state index contributed by atoms with van der Waals surface area (Å²) in [5, 5.41) is 13.9. The molecule has 32 heavy (non-hydrogen) atoms. The maximum atomic E-state index is 12.9. The van der Waals surface area contributed by atoms with Gasteiger partial charge < -0.3 is 16.2 Å². The van der Waals surface area contributed by atoms with Crippen LogP contribution >= 0.6 is 11.6 Å². The number of hydrogen-bond donors (Lipinski definition) is 3. The molecular weight excluding hydrogens is 424 g/mol. The Bertz CT molecular complexity index is 984. The average molecular weight is 457 g/mol. The molecule has 2 fully saturated rings. The zero-order valence-electron chi connectivity index (χ0n) is 18.9. The Balaban J connectivity index is 1.48. The molecule has 0 bridgehead atoms. The molecule has 2 heterocycles. The van der Waals surface area contributed by atoms with Crippen LogP contribution in [-0.4, -0.2) is 45.1 Å². The van der Waals surface area contributed by atoms with Crippen LogP contribution in [0.3, 0.4) is 0 Å². The Morgan fingerprint density at radius 3 is 2.69 bits per heavy atom. The van der Waals surface area contributed by atoms with E-state index in [0.29, 0.717) is 24.4 Å². The van der Waals surface area contributed by atoms with Gasteiger partial charge in [-0.05, 0) is 82.2 Å². The predicted molar refractivity (Wildman–Crippen MR) is 129 cm³/mol. The fourth-order valence-corrected chi connectivity index (χ4v) is 5.00. The van der Waals surface area contributed by atoms with Gasteiger partial charge in [0.2, 0.25) is 0 Å². The summed E-state index contributed by atoms with van der Waals surface area (Å²) in [6, 6.07) is 8.43. The van der Waals surface area contributed by atoms with Crippen molar-refractivity contribution >= 4 is 23.3 Å². The Kier molecular flexibility index (Phi) is 6.75. The number of anilines is 1. The largest absolute Gasteiger partial charge is 0.390 e. The van der Waals surface area contributed by atoms with E-state index in [-0.39, 0.29) is 17.8 Å². The molecule has 1 aliphatic carbocycles. The lowest BCUT2D eigenvalue weighted by Crippen LogP contribution is -2.42. The van der Waals surface area contributed by atoms with E-state index < -0.39 is 5.60 Å². The Morgan fingerprint density at radius 1 is 1.28 bits per heavy atom. The summed E-state index contributed by atoms with van der Waals surface area (Å²) in [6.45, 7) is 6.07. The number of nitrogen functional groups attached to an aromatic ring is 1. The average Bonchev–Trinajstić information content (AvgIpc) is 3.16. The molecule has 2 aliphatic rings. The van der Waals surface area contributed by atoms with Crippen molar-refractivity contribution in [2.24, 2.45) is 0 Å². The third-order valence-electron chi connectivity index (χ3n) is 7.01. The maximum absolute atomic E-state index is 12.9. The van der Waals surface area contributed by atoms with Gasteiger partial charge in [0, 0.05) is 35.4 Å². The second kappa shape index (κ2) is 9.38. The predicted octanol–water partition coefficient (Wildman–Crippen LogP) is 4.39. The minimum Gasteiger partial charge on any atom is -0.390 e. The Labute approximate surface area is 195 Å². The highest BCUT2D eigenvalue weighted by Crippen LogP contribution is 2.30. The first-order chi connectivity index (χ1) is 15.2. The summed E-state index contributed by atoms with van der Waals surface area (Å²) in [5.41, 5.74) is 8.58. The molecule has 0 radical (unpaired) electrons. The number of pyridine rings is 1. The number of nitrogens with two attached hydrogens (primary N) is 1. The molecule has 0 unspecified atom stereocenters. The van der Waals surface area contributed by atoms with Crippen molar-refractivity contribution in [1.29, 1.82) is 0 Å². The van der Waals surface area contributed by atoms with E-state index in [1.807, 2.05) is 19.1 Å². The van der Waals surface area contributed by atoms with Crippen LogP contribution in [0.2, 0.25) is 5.02 Å². The number of carbonyl (C=O) groups is 1. The second-order valence-corrected chi connectivity index (χ2v) is 10.1. The van der Waals surface area contributed by atoms with Crippen LogP contribution in [-0.2, 0) is 6.54 Å². The first-order valence-corrected chi connectivity index (χ1v) is 11.9. The molecule has 1 saturated heterocycles. The van der Waals surface area contributed by atoms with Gasteiger partial charge in [0.1, 0.15) is 5.82 Å². The van der Waals surface area contributed by atoms with E-state index in [4.69, 9.17) is 17.3 Å². The number of benzene rings is 1. The molecule has 6 nitrogen and oxygen atoms in total. The van der Waals surface area contributed by atoms with Gasteiger partial charge in [0.25, 0.3) is 5.91 Å². The number of hydrogen-bond acceptors (Lipinski definition) is 5. The molecule has 1 amide bonds. The summed E-state index contributed by atoms with van der Waals surface area (Å²) in [4.78, 5) is 19.6. The van der Waals surface area contributed by atoms with Gasteiger partial charge in [-0.1, -0.05) is 23.7 Å². The van der Waals surface area contributed by atoms with Crippen LogP contribution in [0.25, 0.3) is 11.1 Å². The maximum Gasteiger partial charge on any atom is 0.255 e. The third kappa shape index (κ3) is 5.25. The summed E-state index contributed by atoms with van der Waals surface area (Å²) in [5.74, 6) is -0.0195. The van der Waals surface area contributed by atoms with Crippen LogP contribution in [0.4, 0.5) is 5.82 Å². The van der Waals surface area contributed by atoms with Crippen molar-refractivity contribution in [2.75, 3.05) is 12.3 Å². The van der Waals surface area contributed by atoms with E-state index in [1.54, 1.807) is 12.3 Å². The molecule has 0 spiro atoms. The molecule has 1 aliphatic heterocycles. The van der Waals surface area contributed by atoms with Gasteiger partial charge in [-0.15, -0.1) is 0 Å². The molecule has 4 N–H and O–H groups in total. The number of aliphatic hydroxyl groups is 1. The first-order valence-electron chi connectivity index (χ1n) is 11.5. The normalized spacial score (nSPS) is 26.2. The summed E-state index contributed by atoms with van der Waals surface area (Å²) < 4.78 is 0. The minimum absolute atomic E-state index is 0.0347. The lowest BCUT2D eigenvalue weighted by molar-refractivity contribution is 0.0140. The van der Waals surface area contributed by atoms with Gasteiger partial charge in [0.05, 0.1) is 11.2 Å². The van der Waals surface area contributed by atoms with Gasteiger partial charge in [-0.3, -0.25) is 9.69 Å². The third-order valence-corrected chi connectivity index (χ3v) is 7.36. The number of rotatable bonds is 5. The van der Waals surface area contributed by atoms with E-state index in [1.165, 1.54) is 12.8 Å². The molecule has 1 aromatic carbocycles. The monoisotopic (exact) mass is 456 g/mol. The van der Waals surface area contributed by atoms with Crippen molar-refractivity contribution < 1.29 is 9.90 Å². The quantitative estimate of drug-likeness (QED) is 0.620. The van der Waals surface area contributed by atoms with Gasteiger partial charge >= 0.3 is 0 Å². The molecule has 2 aromatic rings. The summed E-state index contributed by atoms with van der Waals surface area (Å²) in [7, 11) is 0. The molecule has 1 atom stereocenters. The fraction of sp³-hybridized carbons (Fsp3) is 0.520. The zero-order chi connectivity index (χ0) is 22.9. The van der Waals surface area contributed by atoms with Crippen LogP contribution < -0.4 is 11.1 Å². The van der Waals surface area contributed by atoms with Gasteiger partial charge in [0.15, 0.2) is 0 Å². The second-order valence-electron chi connectivity index (χ2n) is 9.67. The molecule has 4 rings (SSSR count). The topological polar surface area (TPSA) is 91.5 Å². The Morgan fingerprint density at radius 2 is 2.03 bits per heavy atom. The highest BCUT2D eigenvalue weighted by molar-refractivity contribution is 6.31. The lowest BCUT2D eigenvalue weighted by atomic mass is 9.83. The standard InChI is InChI=1S/C25H33ClN4O2/c1-16-4-3-11-30(16)15-18-6-5-17(13-22(18)26)19-12-21(23(27)28-14-19)24(31)29-20-7-9-25(2,32)10-8-20/h5-6,12-14,16,20,32H,3-4,7-11,15H2,1-2H3,(H2,27,28)(H,29,31)/t16-,20?,25?/m1/s1. The SMILES string of the molecule is C[C@@H]1CCCN1Cc1ccc(-c2cnc(N)c(C(=O)NC3CCC(C)(O)CC3)c2)cc1Cl. The number of nitrogens with one attached hydrogen (secondary N) is 1. The number of amides is 1. The van der Waals surface area contributed by atoms with Crippen molar-refractivity contribution in [1.82, 2.24) is 15.2 Å². The smallest absolute Gasteiger partial charge is 0.255 e. The number of likely N-dealkylation sites (tertiary alicyclic amines) is 1. The van der Waals surface area contributed by atoms with E-state index in [2.05, 4.69) is 28.2 Å². The van der Waals surface area contributed by atoms with Crippen LogP contribution in [0, 0.1) is 0 Å². The van der Waals surface area contributed by atoms with Gasteiger partial charge in [-0.25, -0.2) is 4.98 Å². The van der Waals surface area contributed by atoms with Crippen molar-refractivity contribution in [3.05, 3.63) is 46.6 Å². The summed E-state index contributed by atoms with van der Waals surface area (Å²) in [6.07, 6.45) is 6.99. The molecule has 1 aromatic heterocycles. The van der Waals surface area contributed by atoms with Crippen molar-refractivity contribution in [2.45, 2.75) is 76.6 Å². The Hall–Kier alpha value is -2.15. The van der Waals surface area contributed by atoms with E-state index >= 15 is 0 Å². The number of halogens is 1. The molecular formula is C25H33ClN4O2. The molecule has 1 saturated carbocycles. The number of nitrogens with zero attached hydrogens (tertiary/aromatic N) is 2. The summed E-state index contributed by atoms with van der Waals surface area (Å²) >= 11 is 6.62. The molecule has 7 heteroatoms. The lowest BCUT2D eigenvalue weighted by Gasteiger charge is -2.33.